The molecule has 0 spiro atoms. The fraction of sp³-hybridized carbons (Fsp3) is 0. The van der Waals surface area contributed by atoms with Crippen molar-refractivity contribution in [3.05, 3.63) is 441 Å². The monoisotopic (exact) mass is 1380 g/mol. The van der Waals surface area contributed by atoms with E-state index in [4.69, 9.17) is 27.4 Å². The molecule has 5 heteroatoms. The number of rotatable bonds is 17. The standard InChI is InChI=1S/C48H36N2.C30H22BrN.C18H15N/c1-5-15-37(16-6-1)39-27-31-45(32-28-39)49(43-21-9-3-10-22-43)47-25-13-19-41(35-47)42-20-14-26-48(36-42)50(44-23-11-4-12-24-44)46-33-29-40(30-34-46)38-17-7-2-8-18-38;31-27-13-7-11-25(21-27)26-12-8-16-30(22-26)32(28-14-5-2-6-15-28)29-19-17-24(18-20-29)23-9-3-1-4-10-23;1-3-7-15(8-4-1)16-11-13-18(14-12-16)19-17-9-5-2-6-10-17/h1-36H;1-22H;1-14,19H/i3D,4D,9D,10D,11D,12D,21D,22D,23D,24D;2D,5D,6D,14D,15D;2D,5D,6D,9D,10D. The van der Waals surface area contributed by atoms with E-state index < -0.39 is 48.3 Å². The van der Waals surface area contributed by atoms with Crippen molar-refractivity contribution < 1.29 is 27.4 Å². The molecule has 0 aliphatic carbocycles. The molecule has 0 aliphatic rings. The number of benzene rings is 16. The van der Waals surface area contributed by atoms with Gasteiger partial charge in [0.1, 0.15) is 0 Å². The van der Waals surface area contributed by atoms with Gasteiger partial charge < -0.3 is 20.0 Å². The highest BCUT2D eigenvalue weighted by atomic mass is 79.9. The van der Waals surface area contributed by atoms with E-state index in [2.05, 4.69) is 21.2 Å². The zero-order chi connectivity index (χ0) is 85.6. The number of hydrogen-bond acceptors (Lipinski definition) is 4. The normalized spacial score (nSPS) is 13.4. The molecular weight excluding hydrogens is 1290 g/mol. The highest BCUT2D eigenvalue weighted by Crippen LogP contribution is 2.42. The van der Waals surface area contributed by atoms with Gasteiger partial charge in [0, 0.05) is 67.0 Å². The molecule has 0 bridgehead atoms. The molecule has 0 heterocycles. The Morgan fingerprint density at radius 2 is 0.436 bits per heavy atom. The summed E-state index contributed by atoms with van der Waals surface area (Å²) in [6.07, 6.45) is 0. The van der Waals surface area contributed by atoms with Gasteiger partial charge in [-0.3, -0.25) is 0 Å². The Balaban J connectivity index is 0.000000166. The van der Waals surface area contributed by atoms with E-state index in [9.17, 15) is 0 Å². The quantitative estimate of drug-likeness (QED) is 0.0981. The number of para-hydroxylation sites is 4. The Hall–Kier alpha value is -12.8. The van der Waals surface area contributed by atoms with Crippen LogP contribution in [0.1, 0.15) is 27.4 Å². The molecule has 0 amide bonds. The number of nitrogens with zero attached hydrogens (tertiary/aromatic N) is 3. The first kappa shape index (κ1) is 45.7. The van der Waals surface area contributed by atoms with Crippen LogP contribution in [0.5, 0.6) is 0 Å². The third-order valence-electron chi connectivity index (χ3n) is 16.4. The maximum absolute atomic E-state index is 8.95. The summed E-state index contributed by atoms with van der Waals surface area (Å²) in [5.74, 6) is 0. The molecule has 0 saturated heterocycles. The SMILES string of the molecule is [2H]c1c([2H])c([2H])c(N(c2ccc(-c3ccccc3)cc2)c2cccc(-c3cccc(Br)c3)c2)c([2H])c1[2H].[2H]c1c([2H])c([2H])c(N(c2ccc(-c3ccccc3)cc2)c2cccc(-c3cccc(N(c4ccc(-c5ccccc5)cc4)c4c([2H])c([2H])c([2H])c([2H])c4[2H])c3)c2)c([2H])c1[2H].[2H]c1c([2H])c([2H])c(Nc2ccc(-c3ccccc3)cc2)c([2H])c1[2H]. The summed E-state index contributed by atoms with van der Waals surface area (Å²) in [6.45, 7) is 0. The molecule has 0 fully saturated rings. The fourth-order valence-electron chi connectivity index (χ4n) is 11.6. The summed E-state index contributed by atoms with van der Waals surface area (Å²) in [6, 6.07) is 93.1. The minimum absolute atomic E-state index is 0.00864. The summed E-state index contributed by atoms with van der Waals surface area (Å²) in [5, 5.41) is 2.93. The molecule has 16 rings (SSSR count). The molecule has 4 nitrogen and oxygen atoms in total. The zero-order valence-corrected chi connectivity index (χ0v) is 55.8. The topological polar surface area (TPSA) is 21.8 Å². The van der Waals surface area contributed by atoms with E-state index in [1.54, 1.807) is 14.7 Å². The molecule has 0 atom stereocenters. The smallest absolute Gasteiger partial charge is 0.0645 e. The number of nitrogens with one attached hydrogen (secondary N) is 1. The van der Waals surface area contributed by atoms with E-state index in [0.717, 1.165) is 60.1 Å². The second-order valence-electron chi connectivity index (χ2n) is 22.9. The lowest BCUT2D eigenvalue weighted by Gasteiger charge is -2.27. The first-order chi connectivity index (χ1) is 58.3. The van der Waals surface area contributed by atoms with E-state index in [0.29, 0.717) is 50.9 Å². The van der Waals surface area contributed by atoms with Crippen LogP contribution in [0.3, 0.4) is 0 Å². The van der Waals surface area contributed by atoms with Gasteiger partial charge in [-0.15, -0.1) is 0 Å². The van der Waals surface area contributed by atoms with Crippen LogP contribution in [0.15, 0.2) is 441 Å². The van der Waals surface area contributed by atoms with Crippen LogP contribution in [0.2, 0.25) is 0 Å². The van der Waals surface area contributed by atoms with Gasteiger partial charge in [0.05, 0.1) is 27.4 Å². The average Bonchev–Trinajstić information content (AvgIpc) is 0.756. The van der Waals surface area contributed by atoms with Crippen LogP contribution >= 0.6 is 15.9 Å². The lowest BCUT2D eigenvalue weighted by Crippen LogP contribution is -2.10. The Kier molecular flexibility index (Phi) is 14.7. The Bertz CT molecular complexity index is 6180. The zero-order valence-electron chi connectivity index (χ0n) is 74.2. The second-order valence-corrected chi connectivity index (χ2v) is 23.8. The van der Waals surface area contributed by atoms with Crippen LogP contribution in [-0.4, -0.2) is 0 Å². The fourth-order valence-corrected chi connectivity index (χ4v) is 12.0. The van der Waals surface area contributed by atoms with Gasteiger partial charge in [-0.25, -0.2) is 0 Å². The molecule has 0 unspecified atom stereocenters. The van der Waals surface area contributed by atoms with Crippen LogP contribution in [0, 0.1) is 0 Å². The molecule has 101 heavy (non-hydrogen) atoms. The summed E-state index contributed by atoms with van der Waals surface area (Å²) < 4.78 is 168. The van der Waals surface area contributed by atoms with Crippen molar-refractivity contribution in [3.8, 4) is 66.8 Å². The minimum Gasteiger partial charge on any atom is -0.356 e. The molecule has 0 aromatic heterocycles. The summed E-state index contributed by atoms with van der Waals surface area (Å²) in [7, 11) is 0. The number of hydrogen-bond donors (Lipinski definition) is 1. The lowest BCUT2D eigenvalue weighted by molar-refractivity contribution is 1.28. The molecule has 1 N–H and O–H groups in total. The van der Waals surface area contributed by atoms with Crippen molar-refractivity contribution in [1.29, 1.82) is 0 Å². The predicted octanol–water partition coefficient (Wildman–Crippen LogP) is 28.0. The Morgan fingerprint density at radius 1 is 0.188 bits per heavy atom. The summed E-state index contributed by atoms with van der Waals surface area (Å²) in [4.78, 5) is 5.06. The van der Waals surface area contributed by atoms with Crippen molar-refractivity contribution in [3.63, 3.8) is 0 Å². The first-order valence-electron chi connectivity index (χ1n) is 42.4. The van der Waals surface area contributed by atoms with E-state index in [1.165, 1.54) is 0 Å². The Morgan fingerprint density at radius 3 is 0.733 bits per heavy atom. The van der Waals surface area contributed by atoms with Crippen molar-refractivity contribution >= 4 is 78.5 Å². The maximum Gasteiger partial charge on any atom is 0.0645 e. The lowest BCUT2D eigenvalue weighted by atomic mass is 10.0. The van der Waals surface area contributed by atoms with E-state index >= 15 is 0 Å². The third kappa shape index (κ3) is 16.6. The predicted molar refractivity (Wildman–Crippen MR) is 433 cm³/mol. The van der Waals surface area contributed by atoms with Crippen LogP contribution in [0.25, 0.3) is 66.8 Å². The van der Waals surface area contributed by atoms with Gasteiger partial charge in [-0.05, 0) is 212 Å². The molecule has 0 radical (unpaired) electrons. The molecular formula is C96H73BrN4. The van der Waals surface area contributed by atoms with Gasteiger partial charge in [-0.2, -0.15) is 0 Å². The van der Waals surface area contributed by atoms with Gasteiger partial charge in [0.25, 0.3) is 0 Å². The van der Waals surface area contributed by atoms with Crippen molar-refractivity contribution in [2.45, 2.75) is 0 Å². The highest BCUT2D eigenvalue weighted by molar-refractivity contribution is 9.10. The van der Waals surface area contributed by atoms with Crippen LogP contribution in [0.4, 0.5) is 62.6 Å². The van der Waals surface area contributed by atoms with Gasteiger partial charge in [0.15, 0.2) is 0 Å². The maximum atomic E-state index is 8.95. The summed E-state index contributed by atoms with van der Waals surface area (Å²) >= 11 is 3.53. The number of anilines is 11. The molecule has 16 aromatic rings. The summed E-state index contributed by atoms with van der Waals surface area (Å²) in [5.41, 5.74) is 15.9. The van der Waals surface area contributed by atoms with E-state index in [1.807, 2.05) is 315 Å². The van der Waals surface area contributed by atoms with Crippen molar-refractivity contribution in [2.75, 3.05) is 20.0 Å². The molecule has 16 aromatic carbocycles. The minimum atomic E-state index is -0.489. The average molecular weight is 1380 g/mol. The molecule has 0 aliphatic heterocycles. The van der Waals surface area contributed by atoms with E-state index in [-0.39, 0.29) is 95.3 Å². The molecule has 0 saturated carbocycles. The highest BCUT2D eigenvalue weighted by Gasteiger charge is 2.18. The van der Waals surface area contributed by atoms with Gasteiger partial charge in [0.2, 0.25) is 0 Å². The molecule has 484 valence electrons. The Labute approximate surface area is 630 Å². The largest absolute Gasteiger partial charge is 0.356 e. The number of halogens is 1. The van der Waals surface area contributed by atoms with Crippen LogP contribution in [-0.2, 0) is 0 Å². The van der Waals surface area contributed by atoms with Gasteiger partial charge >= 0.3 is 0 Å². The third-order valence-corrected chi connectivity index (χ3v) is 16.9. The first-order valence-corrected chi connectivity index (χ1v) is 33.2. The van der Waals surface area contributed by atoms with Crippen LogP contribution < -0.4 is 20.0 Å². The van der Waals surface area contributed by atoms with Crippen molar-refractivity contribution in [1.82, 2.24) is 0 Å². The second kappa shape index (κ2) is 32.5. The van der Waals surface area contributed by atoms with Crippen molar-refractivity contribution in [2.24, 2.45) is 0 Å². The van der Waals surface area contributed by atoms with Gasteiger partial charge in [-0.1, -0.05) is 307 Å².